The van der Waals surface area contributed by atoms with E-state index >= 15 is 0 Å². The highest BCUT2D eigenvalue weighted by molar-refractivity contribution is 7.92. The van der Waals surface area contributed by atoms with Gasteiger partial charge in [-0.25, -0.2) is 8.42 Å². The Labute approximate surface area is 161 Å². The van der Waals surface area contributed by atoms with E-state index in [4.69, 9.17) is 4.74 Å². The largest absolute Gasteiger partial charge is 0.491 e. The number of aryl methyl sites for hydroxylation is 2. The molecule has 0 saturated heterocycles. The second-order valence-corrected chi connectivity index (χ2v) is 8.69. The number of anilines is 2. The molecular formula is C20H26N2O4S. The number of amides is 1. The minimum Gasteiger partial charge on any atom is -0.491 e. The summed E-state index contributed by atoms with van der Waals surface area (Å²) in [6, 6.07) is 12.3. The number of benzene rings is 2. The third-order valence-corrected chi connectivity index (χ3v) is 5.10. The minimum absolute atomic E-state index is 0.0152. The van der Waals surface area contributed by atoms with Gasteiger partial charge in [0.25, 0.3) is 0 Å². The van der Waals surface area contributed by atoms with E-state index in [1.165, 1.54) is 0 Å². The van der Waals surface area contributed by atoms with Crippen LogP contribution in [0.5, 0.6) is 5.75 Å². The van der Waals surface area contributed by atoms with Gasteiger partial charge in [-0.2, -0.15) is 0 Å². The van der Waals surface area contributed by atoms with Crippen molar-refractivity contribution in [2.75, 3.05) is 22.4 Å². The van der Waals surface area contributed by atoms with Gasteiger partial charge in [0.15, 0.2) is 0 Å². The Bertz CT molecular complexity index is 923. The van der Waals surface area contributed by atoms with Crippen molar-refractivity contribution in [1.29, 1.82) is 0 Å². The average molecular weight is 391 g/mol. The van der Waals surface area contributed by atoms with Gasteiger partial charge in [0.2, 0.25) is 15.9 Å². The van der Waals surface area contributed by atoms with E-state index in [1.807, 2.05) is 33.8 Å². The fourth-order valence-electron chi connectivity index (χ4n) is 2.53. The van der Waals surface area contributed by atoms with Gasteiger partial charge in [-0.05, 0) is 63.1 Å². The van der Waals surface area contributed by atoms with E-state index in [0.717, 1.165) is 21.7 Å². The van der Waals surface area contributed by atoms with E-state index < -0.39 is 15.9 Å². The summed E-state index contributed by atoms with van der Waals surface area (Å²) in [7, 11) is -3.61. The number of ether oxygens (including phenoxy) is 1. The molecule has 0 aromatic heterocycles. The number of nitrogens with one attached hydrogen (secondary N) is 1. The highest BCUT2D eigenvalue weighted by Gasteiger charge is 2.21. The van der Waals surface area contributed by atoms with Gasteiger partial charge in [0, 0.05) is 11.8 Å². The molecular weight excluding hydrogens is 364 g/mol. The Morgan fingerprint density at radius 3 is 2.41 bits per heavy atom. The van der Waals surface area contributed by atoms with E-state index in [9.17, 15) is 13.2 Å². The van der Waals surface area contributed by atoms with Crippen molar-refractivity contribution in [3.05, 3.63) is 53.6 Å². The lowest BCUT2D eigenvalue weighted by Gasteiger charge is -2.22. The van der Waals surface area contributed by atoms with Crippen LogP contribution in [-0.2, 0) is 14.8 Å². The molecule has 7 heteroatoms. The number of sulfonamides is 1. The second kappa shape index (κ2) is 8.43. The van der Waals surface area contributed by atoms with Crippen LogP contribution in [0, 0.1) is 13.8 Å². The van der Waals surface area contributed by atoms with Gasteiger partial charge in [0.05, 0.1) is 18.0 Å². The highest BCUT2D eigenvalue weighted by Crippen LogP contribution is 2.22. The van der Waals surface area contributed by atoms with Crippen LogP contribution in [0.3, 0.4) is 0 Å². The van der Waals surface area contributed by atoms with Crippen LogP contribution in [0.15, 0.2) is 42.5 Å². The lowest BCUT2D eigenvalue weighted by molar-refractivity contribution is -0.114. The van der Waals surface area contributed by atoms with Crippen molar-refractivity contribution < 1.29 is 17.9 Å². The van der Waals surface area contributed by atoms with Gasteiger partial charge in [-0.3, -0.25) is 9.10 Å². The zero-order valence-corrected chi connectivity index (χ0v) is 17.1. The third-order valence-electron chi connectivity index (χ3n) is 3.96. The molecule has 0 radical (unpaired) electrons. The van der Waals surface area contributed by atoms with Crippen LogP contribution in [0.4, 0.5) is 11.4 Å². The Kier molecular flexibility index (Phi) is 6.49. The zero-order chi connectivity index (χ0) is 20.2. The summed E-state index contributed by atoms with van der Waals surface area (Å²) < 4.78 is 31.1. The number of carbonyl (C=O) groups excluding carboxylic acids is 1. The SMILES string of the molecule is Cc1ccc(N(CC(=O)Nc2cccc(OC(C)C)c2)S(C)(=O)=O)cc1C. The summed E-state index contributed by atoms with van der Waals surface area (Å²) in [5.41, 5.74) is 3.03. The molecule has 6 nitrogen and oxygen atoms in total. The van der Waals surface area contributed by atoms with Crippen molar-refractivity contribution in [2.45, 2.75) is 33.8 Å². The monoisotopic (exact) mass is 390 g/mol. The summed E-state index contributed by atoms with van der Waals surface area (Å²) >= 11 is 0. The maximum atomic E-state index is 12.5. The normalized spacial score (nSPS) is 11.3. The molecule has 27 heavy (non-hydrogen) atoms. The number of rotatable bonds is 7. The minimum atomic E-state index is -3.61. The molecule has 0 heterocycles. The van der Waals surface area contributed by atoms with Crippen LogP contribution in [-0.4, -0.2) is 33.2 Å². The van der Waals surface area contributed by atoms with E-state index in [0.29, 0.717) is 17.1 Å². The van der Waals surface area contributed by atoms with Gasteiger partial charge < -0.3 is 10.1 Å². The Balaban J connectivity index is 2.18. The Morgan fingerprint density at radius 1 is 1.11 bits per heavy atom. The molecule has 0 atom stereocenters. The standard InChI is InChI=1S/C20H26N2O4S/c1-14(2)26-19-8-6-7-17(12-19)21-20(23)13-22(27(5,24)25)18-10-9-15(3)16(4)11-18/h6-12,14H,13H2,1-5H3,(H,21,23). The quantitative estimate of drug-likeness (QED) is 0.785. The molecule has 2 rings (SSSR count). The predicted octanol–water partition coefficient (Wildman–Crippen LogP) is 3.50. The topological polar surface area (TPSA) is 75.7 Å². The van der Waals surface area contributed by atoms with Crippen molar-refractivity contribution in [1.82, 2.24) is 0 Å². The van der Waals surface area contributed by atoms with Gasteiger partial charge in [0.1, 0.15) is 12.3 Å². The molecule has 0 aliphatic rings. The summed E-state index contributed by atoms with van der Waals surface area (Å²) in [6.07, 6.45) is 1.11. The van der Waals surface area contributed by atoms with Crippen LogP contribution < -0.4 is 14.4 Å². The summed E-state index contributed by atoms with van der Waals surface area (Å²) in [5, 5.41) is 2.73. The molecule has 0 saturated carbocycles. The first-order chi connectivity index (χ1) is 12.6. The maximum absolute atomic E-state index is 12.5. The highest BCUT2D eigenvalue weighted by atomic mass is 32.2. The first kappa shape index (κ1) is 20.8. The molecule has 146 valence electrons. The zero-order valence-electron chi connectivity index (χ0n) is 16.3. The fourth-order valence-corrected chi connectivity index (χ4v) is 3.38. The van der Waals surface area contributed by atoms with Gasteiger partial charge in [-0.15, -0.1) is 0 Å². The molecule has 0 bridgehead atoms. The van der Waals surface area contributed by atoms with Crippen LogP contribution in [0.25, 0.3) is 0 Å². The second-order valence-electron chi connectivity index (χ2n) is 6.78. The summed E-state index contributed by atoms with van der Waals surface area (Å²) in [4.78, 5) is 12.5. The van der Waals surface area contributed by atoms with E-state index in [-0.39, 0.29) is 12.6 Å². The van der Waals surface area contributed by atoms with E-state index in [1.54, 1.807) is 36.4 Å². The predicted molar refractivity (Wildman–Crippen MR) is 109 cm³/mol. The summed E-state index contributed by atoms with van der Waals surface area (Å²) in [6.45, 7) is 7.37. The number of carbonyl (C=O) groups is 1. The van der Waals surface area contributed by atoms with E-state index in [2.05, 4.69) is 5.32 Å². The average Bonchev–Trinajstić information content (AvgIpc) is 2.54. The van der Waals surface area contributed by atoms with Gasteiger partial charge in [-0.1, -0.05) is 12.1 Å². The van der Waals surface area contributed by atoms with Crippen molar-refractivity contribution in [2.24, 2.45) is 0 Å². The lowest BCUT2D eigenvalue weighted by atomic mass is 10.1. The molecule has 0 unspecified atom stereocenters. The first-order valence-corrected chi connectivity index (χ1v) is 10.5. The molecule has 2 aromatic rings. The fraction of sp³-hybridized carbons (Fsp3) is 0.350. The van der Waals surface area contributed by atoms with Crippen molar-refractivity contribution >= 4 is 27.3 Å². The first-order valence-electron chi connectivity index (χ1n) is 8.68. The maximum Gasteiger partial charge on any atom is 0.245 e. The molecule has 0 fully saturated rings. The van der Waals surface area contributed by atoms with Crippen molar-refractivity contribution in [3.8, 4) is 5.75 Å². The van der Waals surface area contributed by atoms with Crippen LogP contribution in [0.2, 0.25) is 0 Å². The smallest absolute Gasteiger partial charge is 0.245 e. The Morgan fingerprint density at radius 2 is 1.81 bits per heavy atom. The number of nitrogens with zero attached hydrogens (tertiary/aromatic N) is 1. The van der Waals surface area contributed by atoms with Crippen LogP contribution in [0.1, 0.15) is 25.0 Å². The molecule has 0 aliphatic heterocycles. The van der Waals surface area contributed by atoms with Gasteiger partial charge >= 0.3 is 0 Å². The molecule has 0 aliphatic carbocycles. The molecule has 1 amide bonds. The number of hydrogen-bond acceptors (Lipinski definition) is 4. The molecule has 0 spiro atoms. The van der Waals surface area contributed by atoms with Crippen molar-refractivity contribution in [3.63, 3.8) is 0 Å². The molecule has 1 N–H and O–H groups in total. The number of hydrogen-bond donors (Lipinski definition) is 1. The third kappa shape index (κ3) is 5.99. The van der Waals surface area contributed by atoms with Crippen LogP contribution >= 0.6 is 0 Å². The molecule has 2 aromatic carbocycles. The lowest BCUT2D eigenvalue weighted by Crippen LogP contribution is -2.37. The summed E-state index contributed by atoms with van der Waals surface area (Å²) in [5.74, 6) is 0.206. The Hall–Kier alpha value is -2.54.